The molecule has 0 fully saturated rings. The van der Waals surface area contributed by atoms with Gasteiger partial charge in [-0.15, -0.1) is 0 Å². The predicted molar refractivity (Wildman–Crippen MR) is 82.7 cm³/mol. The van der Waals surface area contributed by atoms with E-state index in [0.29, 0.717) is 12.1 Å². The molecule has 1 aromatic carbocycles. The van der Waals surface area contributed by atoms with Gasteiger partial charge in [0.05, 0.1) is 7.11 Å². The van der Waals surface area contributed by atoms with Crippen LogP contribution in [0.2, 0.25) is 0 Å². The smallest absolute Gasteiger partial charge is 0.251 e. The van der Waals surface area contributed by atoms with Crippen LogP contribution in [0.25, 0.3) is 0 Å². The molecule has 0 atom stereocenters. The molecule has 1 N–H and O–H groups in total. The Kier molecular flexibility index (Phi) is 4.77. The number of nitrogens with zero attached hydrogens (tertiary/aromatic N) is 2. The highest BCUT2D eigenvalue weighted by Gasteiger charge is 2.09. The van der Waals surface area contributed by atoms with E-state index in [1.54, 1.807) is 37.6 Å². The van der Waals surface area contributed by atoms with Crippen molar-refractivity contribution in [2.45, 2.75) is 6.54 Å². The molecule has 0 aliphatic rings. The van der Waals surface area contributed by atoms with Crippen molar-refractivity contribution in [3.8, 4) is 5.75 Å². The highest BCUT2D eigenvalue weighted by Crippen LogP contribution is 2.15. The molecule has 0 unspecified atom stereocenters. The van der Waals surface area contributed by atoms with Crippen LogP contribution >= 0.6 is 0 Å². The van der Waals surface area contributed by atoms with Crippen LogP contribution in [0.1, 0.15) is 15.9 Å². The minimum Gasteiger partial charge on any atom is -0.497 e. The fourth-order valence-electron chi connectivity index (χ4n) is 1.99. The second-order valence-electron chi connectivity index (χ2n) is 4.79. The molecule has 0 aliphatic heterocycles. The first-order chi connectivity index (χ1) is 10.1. The zero-order valence-electron chi connectivity index (χ0n) is 12.5. The van der Waals surface area contributed by atoms with Crippen LogP contribution in [-0.4, -0.2) is 32.1 Å². The van der Waals surface area contributed by atoms with Crippen molar-refractivity contribution in [3.05, 3.63) is 53.7 Å². The molecule has 110 valence electrons. The quantitative estimate of drug-likeness (QED) is 0.914. The van der Waals surface area contributed by atoms with E-state index in [-0.39, 0.29) is 5.91 Å². The van der Waals surface area contributed by atoms with Gasteiger partial charge in [-0.05, 0) is 30.3 Å². The first kappa shape index (κ1) is 14.8. The standard InChI is InChI=1S/C16H19N3O2/c1-19(2)15-13(5-4-10-17-15)11-18-16(20)12-6-8-14(21-3)9-7-12/h4-10H,11H2,1-3H3,(H,18,20). The van der Waals surface area contributed by atoms with E-state index in [9.17, 15) is 4.79 Å². The SMILES string of the molecule is COc1ccc(C(=O)NCc2cccnc2N(C)C)cc1. The number of nitrogens with one attached hydrogen (secondary N) is 1. The highest BCUT2D eigenvalue weighted by molar-refractivity contribution is 5.94. The summed E-state index contributed by atoms with van der Waals surface area (Å²) in [5.41, 5.74) is 1.58. The third-order valence-electron chi connectivity index (χ3n) is 3.08. The van der Waals surface area contributed by atoms with Crippen molar-refractivity contribution < 1.29 is 9.53 Å². The maximum absolute atomic E-state index is 12.1. The maximum Gasteiger partial charge on any atom is 0.251 e. The molecule has 0 aliphatic carbocycles. The Morgan fingerprint density at radius 3 is 2.57 bits per heavy atom. The van der Waals surface area contributed by atoms with Gasteiger partial charge in [0.15, 0.2) is 0 Å². The summed E-state index contributed by atoms with van der Waals surface area (Å²) < 4.78 is 5.07. The number of pyridine rings is 1. The molecule has 0 saturated carbocycles. The minimum atomic E-state index is -0.119. The summed E-state index contributed by atoms with van der Waals surface area (Å²) in [5, 5.41) is 2.90. The monoisotopic (exact) mass is 285 g/mol. The molecule has 2 aromatic rings. The first-order valence-electron chi connectivity index (χ1n) is 6.65. The number of benzene rings is 1. The molecule has 5 nitrogen and oxygen atoms in total. The number of amides is 1. The van der Waals surface area contributed by atoms with E-state index in [0.717, 1.165) is 17.1 Å². The van der Waals surface area contributed by atoms with Crippen molar-refractivity contribution in [2.75, 3.05) is 26.1 Å². The molecule has 2 rings (SSSR count). The van der Waals surface area contributed by atoms with Gasteiger partial charge in [-0.25, -0.2) is 4.98 Å². The minimum absolute atomic E-state index is 0.119. The third-order valence-corrected chi connectivity index (χ3v) is 3.08. The van der Waals surface area contributed by atoms with Gasteiger partial charge in [-0.3, -0.25) is 4.79 Å². The second-order valence-corrected chi connectivity index (χ2v) is 4.79. The fraction of sp³-hybridized carbons (Fsp3) is 0.250. The van der Waals surface area contributed by atoms with Crippen LogP contribution in [-0.2, 0) is 6.54 Å². The van der Waals surface area contributed by atoms with Crippen LogP contribution < -0.4 is 15.0 Å². The Balaban J connectivity index is 2.04. The normalized spacial score (nSPS) is 10.0. The first-order valence-corrected chi connectivity index (χ1v) is 6.65. The lowest BCUT2D eigenvalue weighted by Gasteiger charge is -2.16. The van der Waals surface area contributed by atoms with E-state index in [4.69, 9.17) is 4.74 Å². The van der Waals surface area contributed by atoms with Gasteiger partial charge in [-0.1, -0.05) is 6.07 Å². The number of anilines is 1. The van der Waals surface area contributed by atoms with E-state index in [1.165, 1.54) is 0 Å². The molecule has 5 heteroatoms. The molecular weight excluding hydrogens is 266 g/mol. The van der Waals surface area contributed by atoms with Crippen molar-refractivity contribution in [1.29, 1.82) is 0 Å². The summed E-state index contributed by atoms with van der Waals surface area (Å²) in [7, 11) is 5.45. The Morgan fingerprint density at radius 1 is 1.24 bits per heavy atom. The van der Waals surface area contributed by atoms with Crippen molar-refractivity contribution in [1.82, 2.24) is 10.3 Å². The number of methoxy groups -OCH3 is 1. The van der Waals surface area contributed by atoms with Crippen LogP contribution in [0, 0.1) is 0 Å². The fourth-order valence-corrected chi connectivity index (χ4v) is 1.99. The van der Waals surface area contributed by atoms with E-state index >= 15 is 0 Å². The van der Waals surface area contributed by atoms with Crippen LogP contribution in [0.3, 0.4) is 0 Å². The molecule has 0 saturated heterocycles. The molecule has 1 aromatic heterocycles. The lowest BCUT2D eigenvalue weighted by Crippen LogP contribution is -2.24. The average molecular weight is 285 g/mol. The van der Waals surface area contributed by atoms with E-state index in [1.807, 2.05) is 31.1 Å². The zero-order chi connectivity index (χ0) is 15.2. The molecule has 1 amide bonds. The number of carbonyl (C=O) groups excluding carboxylic acids is 1. The second kappa shape index (κ2) is 6.74. The number of carbonyl (C=O) groups is 1. The molecular formula is C16H19N3O2. The maximum atomic E-state index is 12.1. The van der Waals surface area contributed by atoms with Crippen molar-refractivity contribution in [2.24, 2.45) is 0 Å². The largest absolute Gasteiger partial charge is 0.497 e. The van der Waals surface area contributed by atoms with Gasteiger partial charge >= 0.3 is 0 Å². The number of aromatic nitrogens is 1. The van der Waals surface area contributed by atoms with E-state index in [2.05, 4.69) is 10.3 Å². The average Bonchev–Trinajstić information content (AvgIpc) is 2.52. The summed E-state index contributed by atoms with van der Waals surface area (Å²) >= 11 is 0. The summed E-state index contributed by atoms with van der Waals surface area (Å²) in [4.78, 5) is 18.3. The molecule has 0 spiro atoms. The Morgan fingerprint density at radius 2 is 1.95 bits per heavy atom. The lowest BCUT2D eigenvalue weighted by atomic mass is 10.2. The van der Waals surface area contributed by atoms with Gasteiger partial charge in [0.1, 0.15) is 11.6 Å². The van der Waals surface area contributed by atoms with Gasteiger partial charge < -0.3 is 15.0 Å². The summed E-state index contributed by atoms with van der Waals surface area (Å²) in [5.74, 6) is 1.47. The van der Waals surface area contributed by atoms with Crippen LogP contribution in [0.15, 0.2) is 42.6 Å². The van der Waals surface area contributed by atoms with Gasteiger partial charge in [0, 0.05) is 38.0 Å². The van der Waals surface area contributed by atoms with Gasteiger partial charge in [0.2, 0.25) is 0 Å². The highest BCUT2D eigenvalue weighted by atomic mass is 16.5. The Hall–Kier alpha value is -2.56. The predicted octanol–water partition coefficient (Wildman–Crippen LogP) is 2.09. The number of ether oxygens (including phenoxy) is 1. The van der Waals surface area contributed by atoms with Crippen molar-refractivity contribution >= 4 is 11.7 Å². The van der Waals surface area contributed by atoms with Crippen LogP contribution in [0.5, 0.6) is 5.75 Å². The molecule has 0 bridgehead atoms. The topological polar surface area (TPSA) is 54.5 Å². The summed E-state index contributed by atoms with van der Waals surface area (Å²) in [6, 6.07) is 10.8. The van der Waals surface area contributed by atoms with Gasteiger partial charge in [-0.2, -0.15) is 0 Å². The van der Waals surface area contributed by atoms with Crippen molar-refractivity contribution in [3.63, 3.8) is 0 Å². The van der Waals surface area contributed by atoms with Gasteiger partial charge in [0.25, 0.3) is 5.91 Å². The molecule has 1 heterocycles. The summed E-state index contributed by atoms with van der Waals surface area (Å²) in [6.07, 6.45) is 1.74. The molecule has 0 radical (unpaired) electrons. The molecule has 21 heavy (non-hydrogen) atoms. The number of hydrogen-bond donors (Lipinski definition) is 1. The Labute approximate surface area is 124 Å². The number of hydrogen-bond acceptors (Lipinski definition) is 4. The summed E-state index contributed by atoms with van der Waals surface area (Å²) in [6.45, 7) is 0.437. The Bertz CT molecular complexity index is 609. The number of rotatable bonds is 5. The third kappa shape index (κ3) is 3.72. The van der Waals surface area contributed by atoms with Crippen LogP contribution in [0.4, 0.5) is 5.82 Å². The lowest BCUT2D eigenvalue weighted by molar-refractivity contribution is 0.0951. The zero-order valence-corrected chi connectivity index (χ0v) is 12.5. The van der Waals surface area contributed by atoms with E-state index < -0.39 is 0 Å².